The summed E-state index contributed by atoms with van der Waals surface area (Å²) in [6, 6.07) is 1.91. The Bertz CT molecular complexity index is 379. The number of nitrogens with one attached hydrogen (secondary N) is 2. The Balaban J connectivity index is 1.88. The molecule has 0 radical (unpaired) electrons. The summed E-state index contributed by atoms with van der Waals surface area (Å²) in [7, 11) is 1.87. The zero-order valence-corrected chi connectivity index (χ0v) is 9.79. The zero-order chi connectivity index (χ0) is 11.6. The fourth-order valence-electron chi connectivity index (χ4n) is 1.95. The third-order valence-electron chi connectivity index (χ3n) is 3.12. The number of amides is 1. The summed E-state index contributed by atoms with van der Waals surface area (Å²) in [6.07, 6.45) is 2.78. The van der Waals surface area contributed by atoms with Crippen molar-refractivity contribution in [3.63, 3.8) is 0 Å². The average Bonchev–Trinajstić information content (AvgIpc) is 2.85. The summed E-state index contributed by atoms with van der Waals surface area (Å²) in [6.45, 7) is 4.20. The molecule has 1 saturated heterocycles. The van der Waals surface area contributed by atoms with Crippen LogP contribution in [-0.2, 0) is 18.4 Å². The van der Waals surface area contributed by atoms with E-state index in [4.69, 9.17) is 0 Å². The van der Waals surface area contributed by atoms with Crippen LogP contribution in [0.15, 0.2) is 12.3 Å². The van der Waals surface area contributed by atoms with Gasteiger partial charge < -0.3 is 10.6 Å². The number of carbonyl (C=O) groups is 1. The summed E-state index contributed by atoms with van der Waals surface area (Å²) in [4.78, 5) is 12.0. The van der Waals surface area contributed by atoms with Crippen molar-refractivity contribution in [2.24, 2.45) is 12.5 Å². The van der Waals surface area contributed by atoms with Crippen molar-refractivity contribution >= 4 is 5.91 Å². The number of aryl methyl sites for hydroxylation is 1. The van der Waals surface area contributed by atoms with Crippen LogP contribution in [0.2, 0.25) is 0 Å². The van der Waals surface area contributed by atoms with Crippen LogP contribution < -0.4 is 10.6 Å². The quantitative estimate of drug-likeness (QED) is 0.759. The van der Waals surface area contributed by atoms with E-state index in [2.05, 4.69) is 15.7 Å². The molecule has 0 aliphatic carbocycles. The van der Waals surface area contributed by atoms with Gasteiger partial charge in [-0.05, 0) is 26.0 Å². The molecule has 1 amide bonds. The zero-order valence-electron chi connectivity index (χ0n) is 9.79. The molecule has 2 N–H and O–H groups in total. The van der Waals surface area contributed by atoms with E-state index < -0.39 is 0 Å². The molecule has 2 rings (SSSR count). The Labute approximate surface area is 95.2 Å². The maximum Gasteiger partial charge on any atom is 0.227 e. The van der Waals surface area contributed by atoms with Crippen LogP contribution in [0.5, 0.6) is 0 Å². The molecule has 1 aliphatic heterocycles. The highest BCUT2D eigenvalue weighted by Gasteiger charge is 2.35. The second-order valence-corrected chi connectivity index (χ2v) is 4.65. The second-order valence-electron chi connectivity index (χ2n) is 4.65. The van der Waals surface area contributed by atoms with Gasteiger partial charge in [-0.25, -0.2) is 0 Å². The lowest BCUT2D eigenvalue weighted by Crippen LogP contribution is -2.40. The number of nitrogens with zero attached hydrogens (tertiary/aromatic N) is 2. The maximum absolute atomic E-state index is 12.0. The Morgan fingerprint density at radius 2 is 2.56 bits per heavy atom. The first kappa shape index (κ1) is 11.1. The molecule has 0 saturated carbocycles. The molecule has 2 heterocycles. The molecule has 0 aromatic carbocycles. The fraction of sp³-hybridized carbons (Fsp3) is 0.636. The number of hydrogen-bond acceptors (Lipinski definition) is 3. The van der Waals surface area contributed by atoms with Gasteiger partial charge in [0.2, 0.25) is 5.91 Å². The molecular weight excluding hydrogens is 204 g/mol. The Hall–Kier alpha value is -1.36. The van der Waals surface area contributed by atoms with Gasteiger partial charge in [0.1, 0.15) is 0 Å². The van der Waals surface area contributed by atoms with E-state index in [0.29, 0.717) is 6.54 Å². The van der Waals surface area contributed by atoms with Crippen molar-refractivity contribution < 1.29 is 4.79 Å². The van der Waals surface area contributed by atoms with Gasteiger partial charge in [-0.3, -0.25) is 9.48 Å². The minimum atomic E-state index is -0.255. The highest BCUT2D eigenvalue weighted by Crippen LogP contribution is 2.24. The Morgan fingerprint density at radius 3 is 3.12 bits per heavy atom. The van der Waals surface area contributed by atoms with Crippen LogP contribution in [0, 0.1) is 5.41 Å². The van der Waals surface area contributed by atoms with E-state index in [9.17, 15) is 4.79 Å². The lowest BCUT2D eigenvalue weighted by atomic mass is 9.89. The third kappa shape index (κ3) is 2.24. The Morgan fingerprint density at radius 1 is 1.75 bits per heavy atom. The molecule has 1 aliphatic rings. The molecule has 88 valence electrons. The lowest BCUT2D eigenvalue weighted by molar-refractivity contribution is -0.129. The van der Waals surface area contributed by atoms with E-state index in [0.717, 1.165) is 25.2 Å². The van der Waals surface area contributed by atoms with Gasteiger partial charge in [0.15, 0.2) is 0 Å². The molecule has 1 atom stereocenters. The van der Waals surface area contributed by atoms with E-state index in [1.54, 1.807) is 4.68 Å². The monoisotopic (exact) mass is 222 g/mol. The molecule has 0 spiro atoms. The molecule has 1 unspecified atom stereocenters. The van der Waals surface area contributed by atoms with Crippen molar-refractivity contribution in [3.8, 4) is 0 Å². The summed E-state index contributed by atoms with van der Waals surface area (Å²) in [5.74, 6) is 0.114. The lowest BCUT2D eigenvalue weighted by Gasteiger charge is -2.20. The van der Waals surface area contributed by atoms with Crippen molar-refractivity contribution in [2.75, 3.05) is 13.1 Å². The third-order valence-corrected chi connectivity index (χ3v) is 3.12. The van der Waals surface area contributed by atoms with Crippen LogP contribution in [0.4, 0.5) is 0 Å². The van der Waals surface area contributed by atoms with Gasteiger partial charge in [-0.2, -0.15) is 5.10 Å². The van der Waals surface area contributed by atoms with Gasteiger partial charge in [0.25, 0.3) is 0 Å². The van der Waals surface area contributed by atoms with Gasteiger partial charge in [0.05, 0.1) is 17.7 Å². The molecule has 1 aromatic rings. The standard InChI is InChI=1S/C11H18N4O/c1-11(4-5-12-8-11)10(16)13-7-9-3-6-15(2)14-9/h3,6,12H,4-5,7-8H2,1-2H3,(H,13,16). The van der Waals surface area contributed by atoms with Crippen molar-refractivity contribution in [1.82, 2.24) is 20.4 Å². The highest BCUT2D eigenvalue weighted by atomic mass is 16.2. The summed E-state index contributed by atoms with van der Waals surface area (Å²) in [5.41, 5.74) is 0.639. The molecule has 1 fully saturated rings. The average molecular weight is 222 g/mol. The van der Waals surface area contributed by atoms with Gasteiger partial charge in [-0.15, -0.1) is 0 Å². The molecule has 16 heavy (non-hydrogen) atoms. The predicted molar refractivity (Wildman–Crippen MR) is 60.6 cm³/mol. The number of aromatic nitrogens is 2. The van der Waals surface area contributed by atoms with Gasteiger partial charge in [0, 0.05) is 19.8 Å². The summed E-state index contributed by atoms with van der Waals surface area (Å²) < 4.78 is 1.74. The molecule has 0 bridgehead atoms. The summed E-state index contributed by atoms with van der Waals surface area (Å²) >= 11 is 0. The van der Waals surface area contributed by atoms with Crippen molar-refractivity contribution in [3.05, 3.63) is 18.0 Å². The van der Waals surface area contributed by atoms with Crippen LogP contribution >= 0.6 is 0 Å². The van der Waals surface area contributed by atoms with Crippen LogP contribution in [-0.4, -0.2) is 28.8 Å². The molecule has 5 nitrogen and oxygen atoms in total. The first-order chi connectivity index (χ1) is 7.60. The van der Waals surface area contributed by atoms with Crippen molar-refractivity contribution in [1.29, 1.82) is 0 Å². The van der Waals surface area contributed by atoms with Gasteiger partial charge >= 0.3 is 0 Å². The minimum absolute atomic E-state index is 0.114. The number of hydrogen-bond donors (Lipinski definition) is 2. The molecule has 5 heteroatoms. The first-order valence-corrected chi connectivity index (χ1v) is 5.58. The minimum Gasteiger partial charge on any atom is -0.350 e. The van der Waals surface area contributed by atoms with Crippen LogP contribution in [0.25, 0.3) is 0 Å². The maximum atomic E-state index is 12.0. The number of carbonyl (C=O) groups excluding carboxylic acids is 1. The smallest absolute Gasteiger partial charge is 0.227 e. The van der Waals surface area contributed by atoms with Crippen molar-refractivity contribution in [2.45, 2.75) is 19.9 Å². The number of rotatable bonds is 3. The van der Waals surface area contributed by atoms with Crippen LogP contribution in [0.1, 0.15) is 19.0 Å². The van der Waals surface area contributed by atoms with E-state index in [1.807, 2.05) is 26.2 Å². The first-order valence-electron chi connectivity index (χ1n) is 5.58. The largest absolute Gasteiger partial charge is 0.350 e. The van der Waals surface area contributed by atoms with E-state index in [-0.39, 0.29) is 11.3 Å². The highest BCUT2D eigenvalue weighted by molar-refractivity contribution is 5.82. The van der Waals surface area contributed by atoms with E-state index in [1.165, 1.54) is 0 Å². The van der Waals surface area contributed by atoms with E-state index >= 15 is 0 Å². The van der Waals surface area contributed by atoms with Crippen LogP contribution in [0.3, 0.4) is 0 Å². The normalized spacial score (nSPS) is 24.6. The second kappa shape index (κ2) is 4.25. The summed E-state index contributed by atoms with van der Waals surface area (Å²) in [5, 5.41) is 10.4. The molecular formula is C11H18N4O. The molecule has 1 aromatic heterocycles. The Kier molecular flexibility index (Phi) is 2.96. The topological polar surface area (TPSA) is 59.0 Å². The SMILES string of the molecule is Cn1ccc(CNC(=O)C2(C)CCNC2)n1. The van der Waals surface area contributed by atoms with Gasteiger partial charge in [-0.1, -0.05) is 0 Å². The predicted octanol–water partition coefficient (Wildman–Crippen LogP) is 0.0359. The fourth-order valence-corrected chi connectivity index (χ4v) is 1.95.